The third kappa shape index (κ3) is 5.32. The zero-order valence-electron chi connectivity index (χ0n) is 13.8. The maximum absolute atomic E-state index is 13.3. The Hall–Kier alpha value is -2.39. The van der Waals surface area contributed by atoms with Gasteiger partial charge in [-0.05, 0) is 42.0 Å². The van der Waals surface area contributed by atoms with Crippen molar-refractivity contribution in [3.05, 3.63) is 76.4 Å². The molecule has 3 rings (SSSR count). The van der Waals surface area contributed by atoms with E-state index >= 15 is 0 Å². The van der Waals surface area contributed by atoms with Crippen LogP contribution >= 0.6 is 23.4 Å². The molecule has 10 heteroatoms. The quantitative estimate of drug-likeness (QED) is 0.261. The van der Waals surface area contributed by atoms with Gasteiger partial charge in [-0.25, -0.2) is 13.8 Å². The summed E-state index contributed by atoms with van der Waals surface area (Å²) >= 11 is 6.59. The number of benzene rings is 2. The Morgan fingerprint density at radius 1 is 0.929 bits per heavy atom. The third-order valence-electron chi connectivity index (χ3n) is 3.36. The smallest absolute Gasteiger partial charge is 0.433 e. The third-order valence-corrected chi connectivity index (χ3v) is 4.53. The second kappa shape index (κ2) is 8.32. The van der Waals surface area contributed by atoms with Crippen molar-refractivity contribution in [1.29, 1.82) is 0 Å². The highest BCUT2D eigenvalue weighted by Crippen LogP contribution is 2.33. The van der Waals surface area contributed by atoms with Crippen LogP contribution < -0.4 is 4.74 Å². The first-order valence-corrected chi connectivity index (χ1v) is 9.03. The van der Waals surface area contributed by atoms with Gasteiger partial charge in [0, 0.05) is 16.8 Å². The minimum atomic E-state index is -4.71. The fourth-order valence-corrected chi connectivity index (χ4v) is 2.99. The van der Waals surface area contributed by atoms with Gasteiger partial charge in [0.05, 0.1) is 0 Å². The Morgan fingerprint density at radius 3 is 2.29 bits per heavy atom. The van der Waals surface area contributed by atoms with E-state index in [9.17, 15) is 22.0 Å². The largest absolute Gasteiger partial charge is 0.439 e. The molecule has 146 valence electrons. The second-order valence-electron chi connectivity index (χ2n) is 5.46. The molecule has 0 radical (unpaired) electrons. The lowest BCUT2D eigenvalue weighted by Crippen LogP contribution is -2.10. The summed E-state index contributed by atoms with van der Waals surface area (Å²) in [6.45, 7) is 0. The van der Waals surface area contributed by atoms with Crippen molar-refractivity contribution in [2.24, 2.45) is 0 Å². The molecular formula is C18H10ClF5N2OS. The van der Waals surface area contributed by atoms with E-state index in [1.165, 1.54) is 30.3 Å². The Labute approximate surface area is 165 Å². The van der Waals surface area contributed by atoms with Crippen LogP contribution in [-0.4, -0.2) is 9.97 Å². The van der Waals surface area contributed by atoms with Crippen molar-refractivity contribution in [2.45, 2.75) is 17.1 Å². The summed E-state index contributed by atoms with van der Waals surface area (Å²) in [4.78, 5) is 7.42. The van der Waals surface area contributed by atoms with E-state index in [0.717, 1.165) is 23.9 Å². The van der Waals surface area contributed by atoms with Crippen LogP contribution in [0.25, 0.3) is 0 Å². The highest BCUT2D eigenvalue weighted by molar-refractivity contribution is 7.98. The monoisotopic (exact) mass is 432 g/mol. The highest BCUT2D eigenvalue weighted by Gasteiger charge is 2.34. The van der Waals surface area contributed by atoms with E-state index < -0.39 is 23.5 Å². The van der Waals surface area contributed by atoms with Gasteiger partial charge in [0.2, 0.25) is 5.88 Å². The summed E-state index contributed by atoms with van der Waals surface area (Å²) in [6.07, 6.45) is -4.71. The molecule has 0 atom stereocenters. The van der Waals surface area contributed by atoms with Crippen LogP contribution in [0.5, 0.6) is 11.6 Å². The summed E-state index contributed by atoms with van der Waals surface area (Å²) < 4.78 is 71.0. The molecule has 0 aliphatic rings. The van der Waals surface area contributed by atoms with Crippen molar-refractivity contribution in [1.82, 2.24) is 9.97 Å². The number of aromatic nitrogens is 2. The maximum atomic E-state index is 13.3. The summed E-state index contributed by atoms with van der Waals surface area (Å²) in [5.74, 6) is -2.08. The lowest BCUT2D eigenvalue weighted by Gasteiger charge is -2.11. The molecule has 1 heterocycles. The predicted octanol–water partition coefficient (Wildman–Crippen LogP) is 6.51. The van der Waals surface area contributed by atoms with Crippen LogP contribution in [0.2, 0.25) is 5.02 Å². The van der Waals surface area contributed by atoms with Gasteiger partial charge in [0.15, 0.2) is 22.5 Å². The number of nitrogens with zero attached hydrogens (tertiary/aromatic N) is 2. The van der Waals surface area contributed by atoms with Crippen LogP contribution in [0.15, 0.2) is 53.7 Å². The first-order valence-electron chi connectivity index (χ1n) is 7.67. The lowest BCUT2D eigenvalue weighted by atomic mass is 10.2. The predicted molar refractivity (Wildman–Crippen MR) is 94.5 cm³/mol. The average molecular weight is 433 g/mol. The minimum Gasteiger partial charge on any atom is -0.439 e. The van der Waals surface area contributed by atoms with Crippen LogP contribution in [0.1, 0.15) is 11.3 Å². The summed E-state index contributed by atoms with van der Waals surface area (Å²) in [7, 11) is 0. The zero-order chi connectivity index (χ0) is 20.3. The number of thioether (sulfide) groups is 1. The average Bonchev–Trinajstić information content (AvgIpc) is 2.64. The molecule has 0 spiro atoms. The molecule has 0 unspecified atom stereocenters. The number of halogens is 6. The van der Waals surface area contributed by atoms with Gasteiger partial charge in [-0.3, -0.25) is 0 Å². The molecule has 0 saturated carbocycles. The highest BCUT2D eigenvalue weighted by atomic mass is 35.5. The van der Waals surface area contributed by atoms with Crippen molar-refractivity contribution in [2.75, 3.05) is 0 Å². The van der Waals surface area contributed by atoms with Crippen molar-refractivity contribution < 1.29 is 26.7 Å². The van der Waals surface area contributed by atoms with Gasteiger partial charge in [0.1, 0.15) is 5.75 Å². The van der Waals surface area contributed by atoms with Crippen LogP contribution in [0, 0.1) is 11.6 Å². The molecule has 0 saturated heterocycles. The van der Waals surface area contributed by atoms with E-state index in [1.54, 1.807) is 0 Å². The van der Waals surface area contributed by atoms with Gasteiger partial charge in [0.25, 0.3) is 0 Å². The second-order valence-corrected chi connectivity index (χ2v) is 6.84. The molecule has 0 fully saturated rings. The van der Waals surface area contributed by atoms with Gasteiger partial charge >= 0.3 is 6.18 Å². The topological polar surface area (TPSA) is 35.0 Å². The number of alkyl halides is 3. The van der Waals surface area contributed by atoms with Crippen molar-refractivity contribution >= 4 is 23.4 Å². The Balaban J connectivity index is 1.84. The summed E-state index contributed by atoms with van der Waals surface area (Å²) in [5, 5.41) is 0.220. The molecule has 3 nitrogen and oxygen atoms in total. The molecular weight excluding hydrogens is 423 g/mol. The van der Waals surface area contributed by atoms with E-state index in [1.807, 2.05) is 0 Å². The molecule has 0 aliphatic heterocycles. The van der Waals surface area contributed by atoms with Gasteiger partial charge in [-0.1, -0.05) is 29.4 Å². The Bertz CT molecular complexity index is 983. The van der Waals surface area contributed by atoms with Crippen LogP contribution in [0.4, 0.5) is 22.0 Å². The van der Waals surface area contributed by atoms with Crippen molar-refractivity contribution in [3.63, 3.8) is 0 Å². The lowest BCUT2D eigenvalue weighted by molar-refractivity contribution is -0.141. The molecule has 0 N–H and O–H groups in total. The molecule has 2 aromatic carbocycles. The first kappa shape index (κ1) is 20.3. The normalized spacial score (nSPS) is 11.5. The molecule has 1 aromatic heterocycles. The Morgan fingerprint density at radius 2 is 1.64 bits per heavy atom. The summed E-state index contributed by atoms with van der Waals surface area (Å²) in [5.41, 5.74) is -0.815. The van der Waals surface area contributed by atoms with E-state index in [4.69, 9.17) is 16.3 Å². The number of hydrogen-bond acceptors (Lipinski definition) is 4. The first-order chi connectivity index (χ1) is 13.2. The van der Waals surface area contributed by atoms with Crippen LogP contribution in [0.3, 0.4) is 0 Å². The molecule has 0 aliphatic carbocycles. The standard InChI is InChI=1S/C18H10ClF5N2OS/c19-11-2-4-12(5-3-11)27-16-8-15(18(22,23)24)25-17(26-16)28-9-10-1-6-13(20)14(21)7-10/h1-8H,9H2. The fraction of sp³-hybridized carbons (Fsp3) is 0.111. The van der Waals surface area contributed by atoms with Gasteiger partial charge in [-0.15, -0.1) is 0 Å². The Kier molecular flexibility index (Phi) is 6.04. The molecule has 3 aromatic rings. The van der Waals surface area contributed by atoms with E-state index in [0.29, 0.717) is 16.7 Å². The number of hydrogen-bond donors (Lipinski definition) is 0. The van der Waals surface area contributed by atoms with E-state index in [2.05, 4.69) is 9.97 Å². The number of ether oxygens (including phenoxy) is 1. The summed E-state index contributed by atoms with van der Waals surface area (Å²) in [6, 6.07) is 9.88. The SMILES string of the molecule is Fc1ccc(CSc2nc(Oc3ccc(Cl)cc3)cc(C(F)(F)F)n2)cc1F. The zero-order valence-corrected chi connectivity index (χ0v) is 15.4. The van der Waals surface area contributed by atoms with Crippen molar-refractivity contribution in [3.8, 4) is 11.6 Å². The van der Waals surface area contributed by atoms with Gasteiger partial charge in [-0.2, -0.15) is 18.2 Å². The molecule has 0 bridgehead atoms. The maximum Gasteiger partial charge on any atom is 0.433 e. The van der Waals surface area contributed by atoms with Gasteiger partial charge < -0.3 is 4.74 Å². The molecule has 28 heavy (non-hydrogen) atoms. The van der Waals surface area contributed by atoms with E-state index in [-0.39, 0.29) is 22.5 Å². The fourth-order valence-electron chi connectivity index (χ4n) is 2.07. The molecule has 0 amide bonds. The minimum absolute atomic E-state index is 0.0406. The van der Waals surface area contributed by atoms with Crippen LogP contribution in [-0.2, 0) is 11.9 Å². The number of rotatable bonds is 5.